The predicted molar refractivity (Wildman–Crippen MR) is 93.5 cm³/mol. The maximum Gasteiger partial charge on any atom is 0.165 e. The van der Waals surface area contributed by atoms with Gasteiger partial charge in [-0.3, -0.25) is 5.10 Å². The third-order valence-corrected chi connectivity index (χ3v) is 4.62. The molecule has 3 rings (SSSR count). The van der Waals surface area contributed by atoms with Crippen LogP contribution in [0.3, 0.4) is 0 Å². The number of hydrogen-bond acceptors (Lipinski definition) is 3. The van der Waals surface area contributed by atoms with Crippen LogP contribution in [0.4, 0.5) is 4.39 Å². The fourth-order valence-electron chi connectivity index (χ4n) is 2.90. The van der Waals surface area contributed by atoms with Crippen LogP contribution in [-0.4, -0.2) is 34.8 Å². The van der Waals surface area contributed by atoms with E-state index in [1.54, 1.807) is 6.07 Å². The van der Waals surface area contributed by atoms with Crippen LogP contribution in [0.25, 0.3) is 11.3 Å². The molecular formula is C19H26FN3O. The van der Waals surface area contributed by atoms with Gasteiger partial charge in [-0.2, -0.15) is 5.10 Å². The SMILES string of the molecule is CCCCN(C)Cc1cn[nH]c1-c1ccc(OC2CCC2)c(F)c1. The molecule has 0 atom stereocenters. The molecule has 0 amide bonds. The molecule has 24 heavy (non-hydrogen) atoms. The summed E-state index contributed by atoms with van der Waals surface area (Å²) in [6.07, 6.45) is 7.58. The number of ether oxygens (including phenoxy) is 1. The van der Waals surface area contributed by atoms with E-state index in [0.29, 0.717) is 5.75 Å². The molecule has 0 aliphatic heterocycles. The minimum Gasteiger partial charge on any atom is -0.487 e. The van der Waals surface area contributed by atoms with Crippen LogP contribution < -0.4 is 4.74 Å². The average molecular weight is 331 g/mol. The maximum atomic E-state index is 14.4. The van der Waals surface area contributed by atoms with E-state index in [1.165, 1.54) is 25.3 Å². The zero-order valence-electron chi connectivity index (χ0n) is 14.5. The Kier molecular flexibility index (Phi) is 5.51. The molecule has 2 aromatic rings. The lowest BCUT2D eigenvalue weighted by molar-refractivity contribution is 0.115. The lowest BCUT2D eigenvalue weighted by Crippen LogP contribution is -2.24. The minimum atomic E-state index is -0.306. The molecule has 0 bridgehead atoms. The monoisotopic (exact) mass is 331 g/mol. The van der Waals surface area contributed by atoms with E-state index < -0.39 is 0 Å². The normalized spacial score (nSPS) is 14.8. The summed E-state index contributed by atoms with van der Waals surface area (Å²) in [6, 6.07) is 5.17. The van der Waals surface area contributed by atoms with E-state index in [9.17, 15) is 4.39 Å². The molecular weight excluding hydrogens is 305 g/mol. The van der Waals surface area contributed by atoms with E-state index in [4.69, 9.17) is 4.74 Å². The van der Waals surface area contributed by atoms with E-state index in [0.717, 1.165) is 42.8 Å². The molecule has 0 saturated heterocycles. The van der Waals surface area contributed by atoms with Gasteiger partial charge >= 0.3 is 0 Å². The van der Waals surface area contributed by atoms with Crippen molar-refractivity contribution in [2.75, 3.05) is 13.6 Å². The number of H-pyrrole nitrogens is 1. The summed E-state index contributed by atoms with van der Waals surface area (Å²) < 4.78 is 20.0. The van der Waals surface area contributed by atoms with Crippen molar-refractivity contribution in [2.24, 2.45) is 0 Å². The second kappa shape index (κ2) is 7.79. The summed E-state index contributed by atoms with van der Waals surface area (Å²) in [6.45, 7) is 4.03. The van der Waals surface area contributed by atoms with Crippen molar-refractivity contribution in [3.63, 3.8) is 0 Å². The number of aromatic amines is 1. The van der Waals surface area contributed by atoms with Crippen LogP contribution in [0.15, 0.2) is 24.4 Å². The van der Waals surface area contributed by atoms with Gasteiger partial charge < -0.3 is 9.64 Å². The number of hydrogen-bond donors (Lipinski definition) is 1. The van der Waals surface area contributed by atoms with Crippen LogP contribution in [-0.2, 0) is 6.54 Å². The highest BCUT2D eigenvalue weighted by Gasteiger charge is 2.21. The van der Waals surface area contributed by atoms with Gasteiger partial charge in [-0.1, -0.05) is 13.3 Å². The second-order valence-corrected chi connectivity index (χ2v) is 6.68. The first kappa shape index (κ1) is 17.0. The molecule has 1 N–H and O–H groups in total. The molecule has 1 aromatic heterocycles. The minimum absolute atomic E-state index is 0.181. The van der Waals surface area contributed by atoms with Crippen molar-refractivity contribution in [1.29, 1.82) is 0 Å². The maximum absolute atomic E-state index is 14.4. The third-order valence-electron chi connectivity index (χ3n) is 4.62. The first-order valence-corrected chi connectivity index (χ1v) is 8.84. The Bertz CT molecular complexity index is 666. The van der Waals surface area contributed by atoms with Crippen LogP contribution in [0.5, 0.6) is 5.75 Å². The van der Waals surface area contributed by atoms with Gasteiger partial charge in [0.2, 0.25) is 0 Å². The molecule has 0 spiro atoms. The van der Waals surface area contributed by atoms with E-state index in [2.05, 4.69) is 29.1 Å². The topological polar surface area (TPSA) is 41.2 Å². The molecule has 1 aromatic carbocycles. The van der Waals surface area contributed by atoms with Gasteiger partial charge in [-0.15, -0.1) is 0 Å². The molecule has 1 aliphatic carbocycles. The zero-order chi connectivity index (χ0) is 16.9. The number of benzene rings is 1. The summed E-state index contributed by atoms with van der Waals surface area (Å²) >= 11 is 0. The Labute approximate surface area is 143 Å². The van der Waals surface area contributed by atoms with E-state index in [1.807, 2.05) is 12.3 Å². The standard InChI is InChI=1S/C19H26FN3O/c1-3-4-10-23(2)13-15-12-21-22-19(15)14-8-9-18(17(20)11-14)24-16-6-5-7-16/h8-9,11-12,16H,3-7,10,13H2,1-2H3,(H,21,22). The van der Waals surface area contributed by atoms with Gasteiger partial charge in [0.05, 0.1) is 18.0 Å². The highest BCUT2D eigenvalue weighted by molar-refractivity contribution is 5.63. The molecule has 1 saturated carbocycles. The molecule has 1 aliphatic rings. The first-order chi connectivity index (χ1) is 11.7. The molecule has 4 nitrogen and oxygen atoms in total. The highest BCUT2D eigenvalue weighted by atomic mass is 19.1. The Morgan fingerprint density at radius 2 is 2.21 bits per heavy atom. The summed E-state index contributed by atoms with van der Waals surface area (Å²) in [5.74, 6) is 0.0452. The molecule has 130 valence electrons. The van der Waals surface area contributed by atoms with Gasteiger partial charge in [0, 0.05) is 17.7 Å². The second-order valence-electron chi connectivity index (χ2n) is 6.68. The number of nitrogens with one attached hydrogen (secondary N) is 1. The molecule has 0 unspecified atom stereocenters. The summed E-state index contributed by atoms with van der Waals surface area (Å²) in [5, 5.41) is 7.16. The van der Waals surface area contributed by atoms with Gasteiger partial charge in [0.15, 0.2) is 11.6 Å². The van der Waals surface area contributed by atoms with Crippen molar-refractivity contribution >= 4 is 0 Å². The van der Waals surface area contributed by atoms with Crippen LogP contribution in [0, 0.1) is 5.82 Å². The van der Waals surface area contributed by atoms with Crippen LogP contribution in [0.2, 0.25) is 0 Å². The predicted octanol–water partition coefficient (Wildman–Crippen LogP) is 4.38. The summed E-state index contributed by atoms with van der Waals surface area (Å²) in [7, 11) is 2.10. The van der Waals surface area contributed by atoms with Crippen molar-refractivity contribution in [1.82, 2.24) is 15.1 Å². The van der Waals surface area contributed by atoms with Gasteiger partial charge in [0.1, 0.15) is 0 Å². The number of rotatable bonds is 8. The van der Waals surface area contributed by atoms with Gasteiger partial charge in [-0.25, -0.2) is 4.39 Å². The lowest BCUT2D eigenvalue weighted by Gasteiger charge is -2.26. The zero-order valence-corrected chi connectivity index (χ0v) is 14.5. The smallest absolute Gasteiger partial charge is 0.165 e. The summed E-state index contributed by atoms with van der Waals surface area (Å²) in [4.78, 5) is 2.27. The fourth-order valence-corrected chi connectivity index (χ4v) is 2.90. The molecule has 5 heteroatoms. The number of aromatic nitrogens is 2. The lowest BCUT2D eigenvalue weighted by atomic mass is 9.96. The van der Waals surface area contributed by atoms with E-state index >= 15 is 0 Å². The largest absolute Gasteiger partial charge is 0.487 e. The molecule has 1 heterocycles. The van der Waals surface area contributed by atoms with E-state index in [-0.39, 0.29) is 11.9 Å². The average Bonchev–Trinajstić information content (AvgIpc) is 2.98. The third kappa shape index (κ3) is 3.96. The fraction of sp³-hybridized carbons (Fsp3) is 0.526. The summed E-state index contributed by atoms with van der Waals surface area (Å²) in [5.41, 5.74) is 2.78. The van der Waals surface area contributed by atoms with Gasteiger partial charge in [-0.05, 0) is 57.5 Å². The van der Waals surface area contributed by atoms with Crippen LogP contribution in [0.1, 0.15) is 44.6 Å². The highest BCUT2D eigenvalue weighted by Crippen LogP contribution is 2.30. The first-order valence-electron chi connectivity index (χ1n) is 8.84. The number of unbranched alkanes of at least 4 members (excludes halogenated alkanes) is 1. The Hall–Kier alpha value is -1.88. The molecule has 0 radical (unpaired) electrons. The Balaban J connectivity index is 1.72. The van der Waals surface area contributed by atoms with Gasteiger partial charge in [0.25, 0.3) is 0 Å². The quantitative estimate of drug-likeness (QED) is 0.780. The Morgan fingerprint density at radius 3 is 2.88 bits per heavy atom. The molecule has 1 fully saturated rings. The van der Waals surface area contributed by atoms with Crippen molar-refractivity contribution in [3.8, 4) is 17.0 Å². The number of nitrogens with zero attached hydrogens (tertiary/aromatic N) is 2. The number of halogens is 1. The van der Waals surface area contributed by atoms with Crippen molar-refractivity contribution in [2.45, 2.75) is 51.7 Å². The van der Waals surface area contributed by atoms with Crippen LogP contribution >= 0.6 is 0 Å². The Morgan fingerprint density at radius 1 is 1.38 bits per heavy atom. The van der Waals surface area contributed by atoms with Crippen molar-refractivity contribution in [3.05, 3.63) is 35.8 Å². The van der Waals surface area contributed by atoms with Crippen molar-refractivity contribution < 1.29 is 9.13 Å².